The van der Waals surface area contributed by atoms with E-state index in [-0.39, 0.29) is 12.7 Å². The number of methoxy groups -OCH3 is 1. The van der Waals surface area contributed by atoms with Crippen LogP contribution in [-0.2, 0) is 0 Å². The van der Waals surface area contributed by atoms with Crippen molar-refractivity contribution in [2.75, 3.05) is 38.7 Å². The Hall–Kier alpha value is -2.80. The van der Waals surface area contributed by atoms with Crippen LogP contribution in [0.4, 0.5) is 14.6 Å². The van der Waals surface area contributed by atoms with Crippen molar-refractivity contribution in [1.82, 2.24) is 15.1 Å². The maximum absolute atomic E-state index is 14.6. The van der Waals surface area contributed by atoms with Crippen LogP contribution in [0.1, 0.15) is 12.8 Å². The number of fused-ring (bicyclic) bond motifs is 1. The minimum absolute atomic E-state index is 0.177. The fourth-order valence-corrected chi connectivity index (χ4v) is 3.91. The number of halogens is 2. The van der Waals surface area contributed by atoms with Crippen LogP contribution in [0.15, 0.2) is 42.5 Å². The minimum Gasteiger partial charge on any atom is -0.497 e. The molecule has 1 fully saturated rings. The largest absolute Gasteiger partial charge is 0.497 e. The van der Waals surface area contributed by atoms with Crippen molar-refractivity contribution in [3.05, 3.63) is 48.3 Å². The summed E-state index contributed by atoms with van der Waals surface area (Å²) in [6.45, 7) is 1.82. The summed E-state index contributed by atoms with van der Waals surface area (Å²) in [6.07, 6.45) is 2.01. The number of piperidine rings is 1. The second-order valence-electron chi connectivity index (χ2n) is 7.26. The first-order valence-corrected chi connectivity index (χ1v) is 9.84. The molecule has 0 radical (unpaired) electrons. The van der Waals surface area contributed by atoms with Crippen molar-refractivity contribution in [2.24, 2.45) is 0 Å². The molecule has 2 heterocycles. The molecule has 0 aliphatic carbocycles. The van der Waals surface area contributed by atoms with Gasteiger partial charge in [-0.2, -0.15) is 0 Å². The van der Waals surface area contributed by atoms with Gasteiger partial charge in [-0.05, 0) is 31.5 Å². The number of nitrogens with one attached hydrogen (secondary N) is 1. The molecule has 2 aromatic carbocycles. The molecule has 5 nitrogen and oxygen atoms in total. The van der Waals surface area contributed by atoms with E-state index >= 15 is 0 Å². The number of likely N-dealkylation sites (tertiary alicyclic amines) is 1. The van der Waals surface area contributed by atoms with Crippen molar-refractivity contribution in [3.8, 4) is 17.0 Å². The molecule has 0 amide bonds. The van der Waals surface area contributed by atoms with Crippen LogP contribution in [0.25, 0.3) is 22.0 Å². The number of rotatable bonds is 6. The van der Waals surface area contributed by atoms with Gasteiger partial charge in [0.1, 0.15) is 23.9 Å². The van der Waals surface area contributed by atoms with Gasteiger partial charge in [-0.3, -0.25) is 4.90 Å². The maximum atomic E-state index is 14.6. The predicted octanol–water partition coefficient (Wildman–Crippen LogP) is 4.29. The fraction of sp³-hybridized carbons (Fsp3) is 0.364. The van der Waals surface area contributed by atoms with E-state index < -0.39 is 5.82 Å². The Morgan fingerprint density at radius 2 is 2.00 bits per heavy atom. The Morgan fingerprint density at radius 3 is 2.76 bits per heavy atom. The molecule has 4 rings (SSSR count). The number of hydrogen-bond acceptors (Lipinski definition) is 5. The predicted molar refractivity (Wildman–Crippen MR) is 111 cm³/mol. The number of alkyl halides is 1. The van der Waals surface area contributed by atoms with Gasteiger partial charge in [-0.25, -0.2) is 8.78 Å². The van der Waals surface area contributed by atoms with Gasteiger partial charge in [0.25, 0.3) is 0 Å². The van der Waals surface area contributed by atoms with Gasteiger partial charge < -0.3 is 10.1 Å². The Bertz CT molecular complexity index is 996. The number of anilines is 1. The van der Waals surface area contributed by atoms with Crippen LogP contribution in [0.2, 0.25) is 0 Å². The molecule has 1 atom stereocenters. The lowest BCUT2D eigenvalue weighted by Gasteiger charge is -2.32. The first kappa shape index (κ1) is 19.5. The first-order valence-electron chi connectivity index (χ1n) is 9.84. The van der Waals surface area contributed by atoms with Crippen LogP contribution >= 0.6 is 0 Å². The van der Waals surface area contributed by atoms with Crippen LogP contribution in [0.5, 0.6) is 5.75 Å². The van der Waals surface area contributed by atoms with E-state index in [4.69, 9.17) is 4.74 Å². The Labute approximate surface area is 168 Å². The number of aromatic nitrogens is 2. The second-order valence-corrected chi connectivity index (χ2v) is 7.26. The summed E-state index contributed by atoms with van der Waals surface area (Å²) in [4.78, 5) is 2.12. The molecule has 1 aromatic heterocycles. The van der Waals surface area contributed by atoms with Crippen molar-refractivity contribution in [1.29, 1.82) is 0 Å². The van der Waals surface area contributed by atoms with Crippen LogP contribution in [-0.4, -0.2) is 54.6 Å². The molecule has 1 N–H and O–H groups in total. The summed E-state index contributed by atoms with van der Waals surface area (Å²) in [5.74, 6) is 0.723. The molecule has 1 aliphatic rings. The summed E-state index contributed by atoms with van der Waals surface area (Å²) in [5.41, 5.74) is 0.877. The van der Waals surface area contributed by atoms with E-state index in [9.17, 15) is 8.78 Å². The number of hydrogen-bond donors (Lipinski definition) is 1. The van der Waals surface area contributed by atoms with Crippen molar-refractivity contribution in [3.63, 3.8) is 0 Å². The van der Waals surface area contributed by atoms with E-state index in [0.717, 1.165) is 36.7 Å². The van der Waals surface area contributed by atoms with E-state index in [1.165, 1.54) is 13.2 Å². The molecule has 7 heteroatoms. The van der Waals surface area contributed by atoms with Gasteiger partial charge in [0.2, 0.25) is 0 Å². The monoisotopic (exact) mass is 398 g/mol. The average molecular weight is 398 g/mol. The quantitative estimate of drug-likeness (QED) is 0.671. The summed E-state index contributed by atoms with van der Waals surface area (Å²) < 4.78 is 32.4. The molecule has 29 heavy (non-hydrogen) atoms. The van der Waals surface area contributed by atoms with E-state index in [1.807, 2.05) is 24.3 Å². The van der Waals surface area contributed by atoms with Gasteiger partial charge >= 0.3 is 0 Å². The molecule has 0 unspecified atom stereocenters. The number of benzene rings is 2. The summed E-state index contributed by atoms with van der Waals surface area (Å²) in [5, 5.41) is 13.9. The molecule has 0 saturated carbocycles. The molecular weight excluding hydrogens is 374 g/mol. The molecule has 1 saturated heterocycles. The summed E-state index contributed by atoms with van der Waals surface area (Å²) in [6, 6.07) is 12.6. The Balaban J connectivity index is 1.67. The average Bonchev–Trinajstić information content (AvgIpc) is 2.75. The smallest absolute Gasteiger partial charge is 0.156 e. The zero-order valence-corrected chi connectivity index (χ0v) is 16.4. The third-order valence-electron chi connectivity index (χ3n) is 5.37. The van der Waals surface area contributed by atoms with E-state index in [0.29, 0.717) is 29.4 Å². The summed E-state index contributed by atoms with van der Waals surface area (Å²) in [7, 11) is 1.50. The highest BCUT2D eigenvalue weighted by atomic mass is 19.1. The molecule has 1 aliphatic heterocycles. The van der Waals surface area contributed by atoms with Gasteiger partial charge in [0.15, 0.2) is 5.82 Å². The standard InChI is InChI=1S/C22H24F2N4O/c1-29-16-8-9-19(20(24)13-16)21-17-6-2-3-7-18(17)22(27-26-21)25-15-5-4-11-28(14-15)12-10-23/h2-3,6-9,13,15H,4-5,10-12,14H2,1H3,(H,25,27)/t15-/m1/s1. The van der Waals surface area contributed by atoms with Gasteiger partial charge in [0.05, 0.1) is 7.11 Å². The maximum Gasteiger partial charge on any atom is 0.156 e. The minimum atomic E-state index is -0.404. The lowest BCUT2D eigenvalue weighted by atomic mass is 10.0. The number of ether oxygens (including phenoxy) is 1. The van der Waals surface area contributed by atoms with E-state index in [2.05, 4.69) is 20.4 Å². The van der Waals surface area contributed by atoms with Crippen molar-refractivity contribution < 1.29 is 13.5 Å². The fourth-order valence-electron chi connectivity index (χ4n) is 3.91. The third kappa shape index (κ3) is 4.15. The first-order chi connectivity index (χ1) is 14.2. The zero-order chi connectivity index (χ0) is 20.2. The van der Waals surface area contributed by atoms with Crippen LogP contribution < -0.4 is 10.1 Å². The zero-order valence-electron chi connectivity index (χ0n) is 16.4. The second kappa shape index (κ2) is 8.69. The third-order valence-corrected chi connectivity index (χ3v) is 5.37. The Kier molecular flexibility index (Phi) is 5.85. The highest BCUT2D eigenvalue weighted by Crippen LogP contribution is 2.33. The van der Waals surface area contributed by atoms with Crippen molar-refractivity contribution >= 4 is 16.6 Å². The molecule has 152 valence electrons. The number of nitrogens with zero attached hydrogens (tertiary/aromatic N) is 3. The lowest BCUT2D eigenvalue weighted by molar-refractivity contribution is 0.200. The van der Waals surface area contributed by atoms with E-state index in [1.54, 1.807) is 12.1 Å². The molecule has 0 bridgehead atoms. The normalized spacial score (nSPS) is 17.4. The SMILES string of the molecule is COc1ccc(-c2nnc(N[C@@H]3CCCN(CCF)C3)c3ccccc23)c(F)c1. The van der Waals surface area contributed by atoms with Gasteiger partial charge in [-0.1, -0.05) is 24.3 Å². The summed E-state index contributed by atoms with van der Waals surface area (Å²) >= 11 is 0. The van der Waals surface area contributed by atoms with Crippen LogP contribution in [0.3, 0.4) is 0 Å². The lowest BCUT2D eigenvalue weighted by Crippen LogP contribution is -2.43. The highest BCUT2D eigenvalue weighted by molar-refractivity contribution is 6.00. The molecule has 3 aromatic rings. The Morgan fingerprint density at radius 1 is 1.17 bits per heavy atom. The topological polar surface area (TPSA) is 50.3 Å². The molecular formula is C22H24F2N4O. The van der Waals surface area contributed by atoms with Gasteiger partial charge in [-0.15, -0.1) is 10.2 Å². The molecule has 0 spiro atoms. The van der Waals surface area contributed by atoms with Crippen LogP contribution in [0, 0.1) is 5.82 Å². The van der Waals surface area contributed by atoms with Gasteiger partial charge in [0, 0.05) is 41.5 Å². The highest BCUT2D eigenvalue weighted by Gasteiger charge is 2.21. The van der Waals surface area contributed by atoms with Crippen molar-refractivity contribution in [2.45, 2.75) is 18.9 Å².